The van der Waals surface area contributed by atoms with Crippen LogP contribution in [0.3, 0.4) is 0 Å². The van der Waals surface area contributed by atoms with E-state index in [1.54, 1.807) is 13.2 Å². The Morgan fingerprint density at radius 2 is 1.94 bits per heavy atom. The van der Waals surface area contributed by atoms with Gasteiger partial charge in [-0.3, -0.25) is 0 Å². The summed E-state index contributed by atoms with van der Waals surface area (Å²) in [5, 5.41) is 3.32. The fraction of sp³-hybridized carbons (Fsp3) is 0.571. The molecule has 0 amide bonds. The molecule has 0 aliphatic heterocycles. The van der Waals surface area contributed by atoms with Crippen LogP contribution in [0.5, 0.6) is 0 Å². The first kappa shape index (κ1) is 15.1. The molecule has 0 saturated carbocycles. The summed E-state index contributed by atoms with van der Waals surface area (Å²) in [7, 11) is 1.63. The molecule has 0 aromatic heterocycles. The maximum Gasteiger partial charge on any atom is 0.159 e. The summed E-state index contributed by atoms with van der Waals surface area (Å²) in [6.45, 7) is 4.88. The molecule has 102 valence electrons. The first-order valence-corrected chi connectivity index (χ1v) is 6.35. The summed E-state index contributed by atoms with van der Waals surface area (Å²) in [5.74, 6) is -1.64. The molecule has 1 aromatic rings. The molecule has 0 heterocycles. The zero-order valence-corrected chi connectivity index (χ0v) is 11.2. The fourth-order valence-corrected chi connectivity index (χ4v) is 2.01. The Hall–Kier alpha value is -1.00. The second kappa shape index (κ2) is 7.44. The second-order valence-corrected chi connectivity index (χ2v) is 4.29. The summed E-state index contributed by atoms with van der Waals surface area (Å²) in [5.41, 5.74) is 0.719. The Balaban J connectivity index is 2.96. The fourth-order valence-electron chi connectivity index (χ4n) is 2.01. The average Bonchev–Trinajstić information content (AvgIpc) is 2.38. The highest BCUT2D eigenvalue weighted by atomic mass is 19.2. The van der Waals surface area contributed by atoms with Gasteiger partial charge in [-0.25, -0.2) is 8.78 Å². The Labute approximate surface area is 107 Å². The number of hydrogen-bond acceptors (Lipinski definition) is 2. The molecule has 0 bridgehead atoms. The minimum absolute atomic E-state index is 0.0542. The van der Waals surface area contributed by atoms with Crippen molar-refractivity contribution in [2.75, 3.05) is 13.7 Å². The molecule has 0 aliphatic rings. The molecule has 0 aliphatic carbocycles. The van der Waals surface area contributed by atoms with E-state index in [0.29, 0.717) is 0 Å². The molecule has 2 unspecified atom stereocenters. The number of ether oxygens (including phenoxy) is 1. The Bertz CT molecular complexity index is 367. The third-order valence-electron chi connectivity index (χ3n) is 2.99. The molecule has 0 radical (unpaired) electrons. The third-order valence-corrected chi connectivity index (χ3v) is 2.99. The maximum absolute atomic E-state index is 13.3. The van der Waals surface area contributed by atoms with E-state index < -0.39 is 11.6 Å². The normalized spacial score (nSPS) is 14.5. The number of methoxy groups -OCH3 is 1. The topological polar surface area (TPSA) is 21.3 Å². The number of nitrogens with one attached hydrogen (secondary N) is 1. The lowest BCUT2D eigenvalue weighted by atomic mass is 9.99. The molecule has 18 heavy (non-hydrogen) atoms. The number of rotatable bonds is 7. The lowest BCUT2D eigenvalue weighted by molar-refractivity contribution is 0.0649. The minimum Gasteiger partial charge on any atom is -0.379 e. The zero-order chi connectivity index (χ0) is 13.5. The van der Waals surface area contributed by atoms with Crippen LogP contribution in [-0.4, -0.2) is 19.8 Å². The largest absolute Gasteiger partial charge is 0.379 e. The Kier molecular flexibility index (Phi) is 6.22. The van der Waals surface area contributed by atoms with Crippen LogP contribution >= 0.6 is 0 Å². The molecule has 0 spiro atoms. The molecular formula is C14H21F2NO. The molecule has 1 aromatic carbocycles. The van der Waals surface area contributed by atoms with Gasteiger partial charge in [-0.05, 0) is 37.1 Å². The van der Waals surface area contributed by atoms with Crippen LogP contribution in [0.1, 0.15) is 38.3 Å². The van der Waals surface area contributed by atoms with E-state index in [2.05, 4.69) is 12.2 Å². The SMILES string of the molecule is CCCNC(c1ccc(F)c(F)c1)C(CC)OC. The second-order valence-electron chi connectivity index (χ2n) is 4.29. The van der Waals surface area contributed by atoms with Crippen molar-refractivity contribution in [3.8, 4) is 0 Å². The summed E-state index contributed by atoms with van der Waals surface area (Å²) < 4.78 is 31.6. The van der Waals surface area contributed by atoms with Gasteiger partial charge in [0.2, 0.25) is 0 Å². The van der Waals surface area contributed by atoms with E-state index in [0.717, 1.165) is 31.0 Å². The van der Waals surface area contributed by atoms with E-state index in [9.17, 15) is 8.78 Å². The number of halogens is 2. The van der Waals surface area contributed by atoms with E-state index in [4.69, 9.17) is 4.74 Å². The average molecular weight is 257 g/mol. The van der Waals surface area contributed by atoms with Crippen molar-refractivity contribution in [3.63, 3.8) is 0 Å². The Morgan fingerprint density at radius 3 is 2.44 bits per heavy atom. The molecule has 1 rings (SSSR count). The predicted octanol–water partition coefficient (Wildman–Crippen LogP) is 3.43. The molecule has 2 nitrogen and oxygen atoms in total. The number of benzene rings is 1. The third kappa shape index (κ3) is 3.75. The molecular weight excluding hydrogens is 236 g/mol. The Morgan fingerprint density at radius 1 is 1.22 bits per heavy atom. The lowest BCUT2D eigenvalue weighted by Crippen LogP contribution is -2.33. The summed E-state index contributed by atoms with van der Waals surface area (Å²) >= 11 is 0. The monoisotopic (exact) mass is 257 g/mol. The first-order valence-electron chi connectivity index (χ1n) is 6.35. The van der Waals surface area contributed by atoms with Crippen molar-refractivity contribution < 1.29 is 13.5 Å². The molecule has 2 atom stereocenters. The van der Waals surface area contributed by atoms with Gasteiger partial charge in [0.1, 0.15) is 0 Å². The zero-order valence-electron chi connectivity index (χ0n) is 11.2. The van der Waals surface area contributed by atoms with Crippen LogP contribution < -0.4 is 5.32 Å². The van der Waals surface area contributed by atoms with Gasteiger partial charge >= 0.3 is 0 Å². The smallest absolute Gasteiger partial charge is 0.159 e. The quantitative estimate of drug-likeness (QED) is 0.808. The van der Waals surface area contributed by atoms with Gasteiger partial charge in [-0.15, -0.1) is 0 Å². The van der Waals surface area contributed by atoms with Gasteiger partial charge in [0, 0.05) is 7.11 Å². The van der Waals surface area contributed by atoms with E-state index in [-0.39, 0.29) is 12.1 Å². The van der Waals surface area contributed by atoms with Crippen molar-refractivity contribution in [2.45, 2.75) is 38.8 Å². The summed E-state index contributed by atoms with van der Waals surface area (Å²) in [4.78, 5) is 0. The first-order chi connectivity index (χ1) is 8.63. The van der Waals surface area contributed by atoms with Crippen molar-refractivity contribution in [2.24, 2.45) is 0 Å². The molecule has 4 heteroatoms. The van der Waals surface area contributed by atoms with Crippen molar-refractivity contribution in [1.29, 1.82) is 0 Å². The van der Waals surface area contributed by atoms with Gasteiger partial charge in [0.05, 0.1) is 12.1 Å². The standard InChI is InChI=1S/C14H21F2NO/c1-4-8-17-14(13(5-2)18-3)10-6-7-11(15)12(16)9-10/h6-7,9,13-14,17H,4-5,8H2,1-3H3. The van der Waals surface area contributed by atoms with Gasteiger partial charge in [-0.2, -0.15) is 0 Å². The highest BCUT2D eigenvalue weighted by Gasteiger charge is 2.21. The van der Waals surface area contributed by atoms with Gasteiger partial charge in [0.15, 0.2) is 11.6 Å². The van der Waals surface area contributed by atoms with E-state index in [1.165, 1.54) is 6.07 Å². The van der Waals surface area contributed by atoms with Crippen LogP contribution in [0.2, 0.25) is 0 Å². The summed E-state index contributed by atoms with van der Waals surface area (Å²) in [6, 6.07) is 3.89. The van der Waals surface area contributed by atoms with Gasteiger partial charge in [0.25, 0.3) is 0 Å². The lowest BCUT2D eigenvalue weighted by Gasteiger charge is -2.26. The van der Waals surface area contributed by atoms with Gasteiger partial charge < -0.3 is 10.1 Å². The molecule has 0 saturated heterocycles. The van der Waals surface area contributed by atoms with Crippen LogP contribution in [0.15, 0.2) is 18.2 Å². The predicted molar refractivity (Wildman–Crippen MR) is 68.5 cm³/mol. The van der Waals surface area contributed by atoms with E-state index in [1.807, 2.05) is 6.92 Å². The molecule has 0 fully saturated rings. The van der Waals surface area contributed by atoms with Crippen LogP contribution in [0, 0.1) is 11.6 Å². The maximum atomic E-state index is 13.3. The minimum atomic E-state index is -0.821. The van der Waals surface area contributed by atoms with Crippen LogP contribution in [0.25, 0.3) is 0 Å². The van der Waals surface area contributed by atoms with Crippen molar-refractivity contribution >= 4 is 0 Å². The summed E-state index contributed by atoms with van der Waals surface area (Å²) in [6.07, 6.45) is 1.72. The van der Waals surface area contributed by atoms with Crippen LogP contribution in [0.4, 0.5) is 8.78 Å². The van der Waals surface area contributed by atoms with Crippen molar-refractivity contribution in [1.82, 2.24) is 5.32 Å². The van der Waals surface area contributed by atoms with E-state index >= 15 is 0 Å². The van der Waals surface area contributed by atoms with Crippen LogP contribution in [-0.2, 0) is 4.74 Å². The molecule has 1 N–H and O–H groups in total. The van der Waals surface area contributed by atoms with Crippen molar-refractivity contribution in [3.05, 3.63) is 35.4 Å². The van der Waals surface area contributed by atoms with Gasteiger partial charge in [-0.1, -0.05) is 19.9 Å². The highest BCUT2D eigenvalue weighted by Crippen LogP contribution is 2.23. The highest BCUT2D eigenvalue weighted by molar-refractivity contribution is 5.22. The number of hydrogen-bond donors (Lipinski definition) is 1.